The van der Waals surface area contributed by atoms with Crippen LogP contribution in [0.2, 0.25) is 0 Å². The van der Waals surface area contributed by atoms with E-state index in [-0.39, 0.29) is 0 Å². The molecule has 0 unspecified atom stereocenters. The molecule has 2 heterocycles. The highest BCUT2D eigenvalue weighted by Gasteiger charge is 2.51. The van der Waals surface area contributed by atoms with Gasteiger partial charge in [0.1, 0.15) is 17.2 Å². The quantitative estimate of drug-likeness (QED) is 0.802. The normalized spacial score (nSPS) is 22.0. The summed E-state index contributed by atoms with van der Waals surface area (Å²) in [6.07, 6.45) is 4.42. The summed E-state index contributed by atoms with van der Waals surface area (Å²) in [5.41, 5.74) is 0.959. The Morgan fingerprint density at radius 3 is 2.39 bits per heavy atom. The fourth-order valence-electron chi connectivity index (χ4n) is 4.30. The number of ether oxygens (including phenoxy) is 2. The number of nitrogens with zero attached hydrogens (tertiary/aromatic N) is 2. The summed E-state index contributed by atoms with van der Waals surface area (Å²) in [6, 6.07) is 16.0. The molecule has 0 spiro atoms. The van der Waals surface area contributed by atoms with Crippen LogP contribution in [0.25, 0.3) is 0 Å². The van der Waals surface area contributed by atoms with Gasteiger partial charge in [-0.2, -0.15) is 0 Å². The second-order valence-corrected chi connectivity index (χ2v) is 7.44. The third-order valence-corrected chi connectivity index (χ3v) is 5.74. The van der Waals surface area contributed by atoms with Gasteiger partial charge in [0.2, 0.25) is 0 Å². The van der Waals surface area contributed by atoms with Gasteiger partial charge in [0.25, 0.3) is 11.6 Å². The molecule has 2 aliphatic heterocycles. The molecule has 2 aromatic rings. The van der Waals surface area contributed by atoms with Crippen LogP contribution in [0.5, 0.6) is 11.5 Å². The van der Waals surface area contributed by atoms with Crippen molar-refractivity contribution in [2.75, 3.05) is 31.7 Å². The summed E-state index contributed by atoms with van der Waals surface area (Å²) in [5, 5.41) is 11.8. The van der Waals surface area contributed by atoms with Crippen molar-refractivity contribution in [2.45, 2.75) is 38.3 Å². The lowest BCUT2D eigenvalue weighted by atomic mass is 10.0. The van der Waals surface area contributed by atoms with E-state index in [9.17, 15) is 5.11 Å². The summed E-state index contributed by atoms with van der Waals surface area (Å²) in [4.78, 5) is 2.27. The molecule has 1 N–H and O–H groups in total. The third kappa shape index (κ3) is 3.35. The van der Waals surface area contributed by atoms with Crippen LogP contribution in [-0.4, -0.2) is 42.3 Å². The maximum Gasteiger partial charge on any atom is 0.271 e. The average Bonchev–Trinajstić information content (AvgIpc) is 2.88. The van der Waals surface area contributed by atoms with Crippen LogP contribution in [0.1, 0.15) is 38.2 Å². The van der Waals surface area contributed by atoms with E-state index in [0.29, 0.717) is 13.2 Å². The molecule has 0 saturated carbocycles. The molecule has 0 aromatic heterocycles. The van der Waals surface area contributed by atoms with E-state index in [0.717, 1.165) is 48.6 Å². The smallest absolute Gasteiger partial charge is 0.271 e. The third-order valence-electron chi connectivity index (χ3n) is 5.74. The SMILES string of the molecule is CCOc1ccc(N2C[C@@](O)(c3ccc(OC)cc3)[N+]3=C2CCCCC3)cc1. The molecule has 4 rings (SSSR count). The average molecular weight is 381 g/mol. The number of hydrogen-bond acceptors (Lipinski definition) is 4. The van der Waals surface area contributed by atoms with Gasteiger partial charge in [-0.15, -0.1) is 0 Å². The first-order chi connectivity index (χ1) is 13.7. The zero-order chi connectivity index (χ0) is 19.6. The first-order valence-corrected chi connectivity index (χ1v) is 10.2. The van der Waals surface area contributed by atoms with Crippen molar-refractivity contribution in [3.63, 3.8) is 0 Å². The second-order valence-electron chi connectivity index (χ2n) is 7.44. The summed E-state index contributed by atoms with van der Waals surface area (Å²) >= 11 is 0. The van der Waals surface area contributed by atoms with Crippen LogP contribution in [0.4, 0.5) is 5.69 Å². The van der Waals surface area contributed by atoms with Crippen molar-refractivity contribution in [1.29, 1.82) is 0 Å². The van der Waals surface area contributed by atoms with E-state index in [1.165, 1.54) is 12.3 Å². The maximum absolute atomic E-state index is 11.8. The number of hydrogen-bond donors (Lipinski definition) is 1. The molecule has 2 aromatic carbocycles. The number of aliphatic hydroxyl groups is 1. The topological polar surface area (TPSA) is 44.9 Å². The van der Waals surface area contributed by atoms with Crippen LogP contribution in [-0.2, 0) is 5.72 Å². The fourth-order valence-corrected chi connectivity index (χ4v) is 4.30. The number of methoxy groups -OCH3 is 1. The molecule has 0 radical (unpaired) electrons. The molecule has 5 nitrogen and oxygen atoms in total. The predicted molar refractivity (Wildman–Crippen MR) is 110 cm³/mol. The standard InChI is InChI=1S/C23H29N2O3/c1-3-28-21-14-10-19(11-15-21)24-17-23(26,18-8-12-20(27-2)13-9-18)25-16-6-4-5-7-22(24)25/h8-15,26H,3-7,16-17H2,1-2H3/q+1/t23-/m1/s1. The monoisotopic (exact) mass is 381 g/mol. The Hall–Kier alpha value is -2.53. The van der Waals surface area contributed by atoms with Gasteiger partial charge in [-0.25, -0.2) is 9.48 Å². The minimum absolute atomic E-state index is 0.517. The molecule has 5 heteroatoms. The van der Waals surface area contributed by atoms with E-state index < -0.39 is 5.72 Å². The van der Waals surface area contributed by atoms with E-state index in [4.69, 9.17) is 9.47 Å². The highest BCUT2D eigenvalue weighted by atomic mass is 16.5. The first kappa shape index (κ1) is 18.8. The van der Waals surface area contributed by atoms with Gasteiger partial charge >= 0.3 is 0 Å². The van der Waals surface area contributed by atoms with Crippen molar-refractivity contribution in [2.24, 2.45) is 0 Å². The lowest BCUT2D eigenvalue weighted by Gasteiger charge is -2.23. The molecule has 0 amide bonds. The highest BCUT2D eigenvalue weighted by Crippen LogP contribution is 2.36. The van der Waals surface area contributed by atoms with Gasteiger partial charge < -0.3 is 14.6 Å². The molecule has 0 aliphatic carbocycles. The zero-order valence-electron chi connectivity index (χ0n) is 16.7. The summed E-state index contributed by atoms with van der Waals surface area (Å²) in [7, 11) is 1.66. The van der Waals surface area contributed by atoms with E-state index in [2.05, 4.69) is 21.6 Å². The van der Waals surface area contributed by atoms with Crippen molar-refractivity contribution >= 4 is 11.5 Å². The molecule has 0 saturated heterocycles. The minimum Gasteiger partial charge on any atom is -0.497 e. The number of anilines is 1. The van der Waals surface area contributed by atoms with E-state index in [1.54, 1.807) is 7.11 Å². The molecule has 0 fully saturated rings. The van der Waals surface area contributed by atoms with Crippen molar-refractivity contribution in [3.8, 4) is 11.5 Å². The Morgan fingerprint density at radius 2 is 1.71 bits per heavy atom. The lowest BCUT2D eigenvalue weighted by Crippen LogP contribution is -2.41. The molecule has 2 aliphatic rings. The lowest BCUT2D eigenvalue weighted by molar-refractivity contribution is -0.658. The Bertz CT molecular complexity index is 845. The minimum atomic E-state index is -1.04. The maximum atomic E-state index is 11.8. The summed E-state index contributed by atoms with van der Waals surface area (Å²) in [6.45, 7) is 4.03. The van der Waals surface area contributed by atoms with Gasteiger partial charge in [0.15, 0.2) is 6.54 Å². The summed E-state index contributed by atoms with van der Waals surface area (Å²) in [5.74, 6) is 2.88. The number of benzene rings is 2. The molecule has 28 heavy (non-hydrogen) atoms. The Labute approximate surface area is 166 Å². The van der Waals surface area contributed by atoms with E-state index in [1.807, 2.05) is 43.3 Å². The van der Waals surface area contributed by atoms with Crippen molar-refractivity contribution in [3.05, 3.63) is 54.1 Å². The van der Waals surface area contributed by atoms with Gasteiger partial charge in [0, 0.05) is 12.0 Å². The van der Waals surface area contributed by atoms with Crippen LogP contribution < -0.4 is 14.4 Å². The number of amidine groups is 1. The fraction of sp³-hybridized carbons (Fsp3) is 0.435. The van der Waals surface area contributed by atoms with Gasteiger partial charge in [-0.3, -0.25) is 0 Å². The van der Waals surface area contributed by atoms with Crippen LogP contribution >= 0.6 is 0 Å². The number of rotatable bonds is 5. The van der Waals surface area contributed by atoms with Gasteiger partial charge in [0.05, 0.1) is 20.3 Å². The Balaban J connectivity index is 1.71. The van der Waals surface area contributed by atoms with Crippen LogP contribution in [0, 0.1) is 0 Å². The Kier molecular flexibility index (Phi) is 5.27. The van der Waals surface area contributed by atoms with Crippen molar-refractivity contribution in [1.82, 2.24) is 0 Å². The van der Waals surface area contributed by atoms with Crippen molar-refractivity contribution < 1.29 is 19.2 Å². The largest absolute Gasteiger partial charge is 0.497 e. The van der Waals surface area contributed by atoms with E-state index >= 15 is 0 Å². The first-order valence-electron chi connectivity index (χ1n) is 10.2. The van der Waals surface area contributed by atoms with Gasteiger partial charge in [-0.1, -0.05) is 0 Å². The molecular weight excluding hydrogens is 352 g/mol. The Morgan fingerprint density at radius 1 is 1.00 bits per heavy atom. The molecule has 0 bridgehead atoms. The highest BCUT2D eigenvalue weighted by molar-refractivity contribution is 5.96. The molecule has 1 atom stereocenters. The number of β-amino-alcohol motifs (C(OH)–C–C–N with tert-alkyl or cyclic N) is 1. The second kappa shape index (κ2) is 7.84. The predicted octanol–water partition coefficient (Wildman–Crippen LogP) is 3.74. The zero-order valence-corrected chi connectivity index (χ0v) is 16.7. The summed E-state index contributed by atoms with van der Waals surface area (Å²) < 4.78 is 13.1. The van der Waals surface area contributed by atoms with Crippen LogP contribution in [0.15, 0.2) is 48.5 Å². The molecular formula is C23H29N2O3+. The van der Waals surface area contributed by atoms with Crippen LogP contribution in [0.3, 0.4) is 0 Å². The molecule has 148 valence electrons. The van der Waals surface area contributed by atoms with Gasteiger partial charge in [-0.05, 0) is 74.7 Å².